The maximum Gasteiger partial charge on any atom is 0.303 e. The molecule has 1 aromatic carbocycles. The Hall–Kier alpha value is -2.71. The highest BCUT2D eigenvalue weighted by atomic mass is 35.5. The fourth-order valence-electron chi connectivity index (χ4n) is 5.81. The number of aromatic nitrogens is 1. The summed E-state index contributed by atoms with van der Waals surface area (Å²) in [6.07, 6.45) is 1.42. The highest BCUT2D eigenvalue weighted by Gasteiger charge is 2.95. The number of nitro groups is 1. The zero-order valence-electron chi connectivity index (χ0n) is 15.5. The Balaban J connectivity index is 1.67. The summed E-state index contributed by atoms with van der Waals surface area (Å²) in [5.74, 6) is -0.811. The highest BCUT2D eigenvalue weighted by Crippen LogP contribution is 2.71. The lowest BCUT2D eigenvalue weighted by atomic mass is 9.68. The van der Waals surface area contributed by atoms with Crippen LogP contribution in [-0.2, 0) is 21.5 Å². The fourth-order valence-corrected chi connectivity index (χ4v) is 6.27. The third-order valence-electron chi connectivity index (χ3n) is 6.89. The van der Waals surface area contributed by atoms with Gasteiger partial charge in [0.15, 0.2) is 0 Å². The van der Waals surface area contributed by atoms with Crippen molar-refractivity contribution in [2.24, 2.45) is 5.41 Å². The van der Waals surface area contributed by atoms with E-state index in [2.05, 4.69) is 4.98 Å². The van der Waals surface area contributed by atoms with Crippen LogP contribution >= 0.6 is 23.2 Å². The maximum absolute atomic E-state index is 13.9. The van der Waals surface area contributed by atoms with Crippen molar-refractivity contribution in [1.82, 2.24) is 4.98 Å². The Morgan fingerprint density at radius 1 is 1.13 bits per heavy atom. The average molecular weight is 445 g/mol. The molecule has 8 nitrogen and oxygen atoms in total. The maximum atomic E-state index is 13.9. The van der Waals surface area contributed by atoms with Crippen LogP contribution in [0.3, 0.4) is 0 Å². The minimum Gasteiger partial charge on any atom is -0.504 e. The molecule has 2 saturated carbocycles. The number of benzene rings is 1. The SMILES string of the molecule is [N-]=[N+]1C2(c3cc(Cl)nc(Cl)c3)C(=O)C3(Cc4cccc([N+](=O)[O-])c4)CCCC13C2=O. The van der Waals surface area contributed by atoms with Gasteiger partial charge in [-0.2, -0.15) is 0 Å². The van der Waals surface area contributed by atoms with Gasteiger partial charge in [-0.3, -0.25) is 24.4 Å². The van der Waals surface area contributed by atoms with E-state index in [9.17, 15) is 25.2 Å². The molecule has 2 aromatic rings. The van der Waals surface area contributed by atoms with Crippen LogP contribution in [0.25, 0.3) is 5.53 Å². The first-order chi connectivity index (χ1) is 14.2. The van der Waals surface area contributed by atoms with Gasteiger partial charge in [0.25, 0.3) is 11.5 Å². The first kappa shape index (κ1) is 19.3. The number of pyridine rings is 1. The molecular weight excluding hydrogens is 431 g/mol. The molecule has 4 fully saturated rings. The number of nitro benzene ring substituents is 1. The van der Waals surface area contributed by atoms with E-state index < -0.39 is 27.2 Å². The largest absolute Gasteiger partial charge is 0.504 e. The van der Waals surface area contributed by atoms with E-state index in [0.717, 1.165) is 4.70 Å². The van der Waals surface area contributed by atoms with Crippen LogP contribution in [-0.4, -0.2) is 31.7 Å². The molecule has 1 spiro atoms. The van der Waals surface area contributed by atoms with Gasteiger partial charge in [0.05, 0.1) is 4.92 Å². The smallest absolute Gasteiger partial charge is 0.303 e. The molecule has 2 bridgehead atoms. The molecule has 3 atom stereocenters. The summed E-state index contributed by atoms with van der Waals surface area (Å²) in [4.78, 5) is 41.9. The predicted octanol–water partition coefficient (Wildman–Crippen LogP) is 3.84. The minimum atomic E-state index is -1.88. The minimum absolute atomic E-state index is 0.00613. The number of halogens is 2. The van der Waals surface area contributed by atoms with E-state index in [1.807, 2.05) is 0 Å². The van der Waals surface area contributed by atoms with E-state index in [1.165, 1.54) is 24.3 Å². The zero-order chi connectivity index (χ0) is 21.5. The summed E-state index contributed by atoms with van der Waals surface area (Å²) in [6.45, 7) is 0. The second-order valence-corrected chi connectivity index (χ2v) is 8.86. The van der Waals surface area contributed by atoms with Gasteiger partial charge < -0.3 is 5.53 Å². The van der Waals surface area contributed by atoms with Crippen molar-refractivity contribution in [3.63, 3.8) is 0 Å². The number of nitrogens with zero attached hydrogens (tertiary/aromatic N) is 4. The number of hydrogen-bond acceptors (Lipinski definition) is 5. The Morgan fingerprint density at radius 2 is 1.83 bits per heavy atom. The third kappa shape index (κ3) is 1.96. The van der Waals surface area contributed by atoms with Crippen LogP contribution in [0.15, 0.2) is 36.4 Å². The third-order valence-corrected chi connectivity index (χ3v) is 7.28. The predicted molar refractivity (Wildman–Crippen MR) is 105 cm³/mol. The van der Waals surface area contributed by atoms with E-state index in [-0.39, 0.29) is 33.8 Å². The molecule has 6 rings (SSSR count). The summed E-state index contributed by atoms with van der Waals surface area (Å²) >= 11 is 12.0. The first-order valence-corrected chi connectivity index (χ1v) is 10.1. The molecule has 3 heterocycles. The molecule has 1 aromatic heterocycles. The van der Waals surface area contributed by atoms with Crippen molar-refractivity contribution in [1.29, 1.82) is 0 Å². The van der Waals surface area contributed by atoms with Gasteiger partial charge in [-0.1, -0.05) is 35.3 Å². The van der Waals surface area contributed by atoms with E-state index in [1.54, 1.807) is 12.1 Å². The molecular formula is C20H14Cl2N4O4. The summed E-state index contributed by atoms with van der Waals surface area (Å²) in [7, 11) is 0. The Kier molecular flexibility index (Phi) is 3.80. The highest BCUT2D eigenvalue weighted by molar-refractivity contribution is 6.33. The number of ketones is 2. The van der Waals surface area contributed by atoms with Gasteiger partial charge in [-0.15, -0.1) is 0 Å². The van der Waals surface area contributed by atoms with Crippen molar-refractivity contribution in [2.45, 2.75) is 36.8 Å². The van der Waals surface area contributed by atoms with E-state index in [0.29, 0.717) is 24.8 Å². The van der Waals surface area contributed by atoms with Crippen LogP contribution < -0.4 is 0 Å². The van der Waals surface area contributed by atoms with Gasteiger partial charge in [-0.25, -0.2) is 4.98 Å². The van der Waals surface area contributed by atoms with Crippen LogP contribution in [0.5, 0.6) is 0 Å². The fraction of sp³-hybridized carbons (Fsp3) is 0.350. The molecule has 30 heavy (non-hydrogen) atoms. The summed E-state index contributed by atoms with van der Waals surface area (Å²) < 4.78 is 0.872. The molecule has 3 unspecified atom stereocenters. The molecule has 0 radical (unpaired) electrons. The lowest BCUT2D eigenvalue weighted by Gasteiger charge is -2.44. The van der Waals surface area contributed by atoms with Gasteiger partial charge in [0.2, 0.25) is 11.3 Å². The van der Waals surface area contributed by atoms with Crippen LogP contribution in [0.2, 0.25) is 10.3 Å². The standard InChI is InChI=1S/C20H14Cl2N4O4/c21-14-8-12(9-15(22)24-14)20-16(27)18(5-2-6-19(18,17(20)28)26(20)23)10-11-3-1-4-13(7-11)25(29)30/h1,3-4,7-9H,2,5-6,10H2. The summed E-state index contributed by atoms with van der Waals surface area (Å²) in [6, 6.07) is 8.74. The van der Waals surface area contributed by atoms with Crippen LogP contribution in [0.1, 0.15) is 30.4 Å². The monoisotopic (exact) mass is 444 g/mol. The number of carbonyl (C=O) groups is 2. The number of rotatable bonds is 4. The molecule has 152 valence electrons. The lowest BCUT2D eigenvalue weighted by molar-refractivity contribution is -0.693. The number of carbonyl (C=O) groups excluding carboxylic acids is 2. The van der Waals surface area contributed by atoms with E-state index >= 15 is 0 Å². The summed E-state index contributed by atoms with van der Waals surface area (Å²) in [5.41, 5.74) is 7.34. The number of hydrogen-bond donors (Lipinski definition) is 0. The van der Waals surface area contributed by atoms with Crippen molar-refractivity contribution < 1.29 is 19.2 Å². The van der Waals surface area contributed by atoms with Crippen molar-refractivity contribution in [3.8, 4) is 0 Å². The number of non-ortho nitro benzene ring substituents is 1. The Labute approximate surface area is 180 Å². The quantitative estimate of drug-likeness (QED) is 0.233. The van der Waals surface area contributed by atoms with Crippen molar-refractivity contribution in [2.75, 3.05) is 0 Å². The van der Waals surface area contributed by atoms with Crippen LogP contribution in [0, 0.1) is 15.5 Å². The summed E-state index contributed by atoms with van der Waals surface area (Å²) in [5, 5.41) is 11.2. The van der Waals surface area contributed by atoms with E-state index in [4.69, 9.17) is 23.2 Å². The zero-order valence-corrected chi connectivity index (χ0v) is 17.0. The lowest BCUT2D eigenvalue weighted by Crippen LogP contribution is -2.70. The molecule has 4 aliphatic rings. The molecule has 10 heteroatoms. The molecule has 2 aliphatic heterocycles. The second-order valence-electron chi connectivity index (χ2n) is 8.08. The number of Topliss-reactive ketones (excluding diaryl/α,β-unsaturated/α-hetero) is 2. The molecule has 0 N–H and O–H groups in total. The normalized spacial score (nSPS) is 31.6. The Morgan fingerprint density at radius 3 is 2.47 bits per heavy atom. The van der Waals surface area contributed by atoms with Crippen molar-refractivity contribution >= 4 is 40.5 Å². The topological polar surface area (TPSA) is 115 Å². The van der Waals surface area contributed by atoms with Gasteiger partial charge >= 0.3 is 5.54 Å². The van der Waals surface area contributed by atoms with Crippen LogP contribution in [0.4, 0.5) is 5.69 Å². The van der Waals surface area contributed by atoms with Gasteiger partial charge in [0, 0.05) is 24.1 Å². The molecule has 2 saturated heterocycles. The molecule has 0 amide bonds. The van der Waals surface area contributed by atoms with Gasteiger partial charge in [0.1, 0.15) is 15.7 Å². The first-order valence-electron chi connectivity index (χ1n) is 9.36. The van der Waals surface area contributed by atoms with Crippen molar-refractivity contribution in [3.05, 3.63) is 73.5 Å². The van der Waals surface area contributed by atoms with Gasteiger partial charge in [-0.05, 0) is 37.0 Å². The average Bonchev–Trinajstić information content (AvgIpc) is 3.21. The molecule has 2 aliphatic carbocycles. The second kappa shape index (κ2) is 5.92. The Bertz CT molecular complexity index is 1160.